The van der Waals surface area contributed by atoms with E-state index in [1.165, 1.54) is 30.5 Å². The number of nitrogens with one attached hydrogen (secondary N) is 1. The molecule has 20 heavy (non-hydrogen) atoms. The van der Waals surface area contributed by atoms with Gasteiger partial charge >= 0.3 is 5.97 Å². The summed E-state index contributed by atoms with van der Waals surface area (Å²) in [5.74, 6) is -1.85. The molecule has 0 radical (unpaired) electrons. The second-order valence-electron chi connectivity index (χ2n) is 3.85. The molecule has 6 nitrogen and oxygen atoms in total. The first-order valence-electron chi connectivity index (χ1n) is 5.46. The van der Waals surface area contributed by atoms with Gasteiger partial charge < -0.3 is 15.5 Å². The summed E-state index contributed by atoms with van der Waals surface area (Å²) in [6, 6.07) is 7.33. The number of hydrogen-bond acceptors (Lipinski definition) is 4. The Morgan fingerprint density at radius 1 is 1.20 bits per heavy atom. The van der Waals surface area contributed by atoms with Gasteiger partial charge in [0.2, 0.25) is 0 Å². The second kappa shape index (κ2) is 5.87. The second-order valence-corrected chi connectivity index (χ2v) is 5.10. The van der Waals surface area contributed by atoms with Crippen molar-refractivity contribution in [2.45, 2.75) is 0 Å². The number of rotatable bonds is 3. The van der Waals surface area contributed by atoms with E-state index < -0.39 is 11.9 Å². The van der Waals surface area contributed by atoms with E-state index in [-0.39, 0.29) is 17.0 Å². The molecule has 2 aromatic rings. The molecule has 1 heterocycles. The molecule has 102 valence electrons. The number of nitrogens with zero attached hydrogens (tertiary/aromatic N) is 1. The van der Waals surface area contributed by atoms with Gasteiger partial charge in [0.05, 0.1) is 5.56 Å². The lowest BCUT2D eigenvalue weighted by molar-refractivity contribution is 0.0690. The van der Waals surface area contributed by atoms with Crippen LogP contribution < -0.4 is 5.32 Å². The van der Waals surface area contributed by atoms with Crippen molar-refractivity contribution in [1.82, 2.24) is 4.98 Å². The number of carbonyl (C=O) groups is 2. The molecule has 3 N–H and O–H groups in total. The predicted molar refractivity (Wildman–Crippen MR) is 80.0 cm³/mol. The largest absolute Gasteiger partial charge is 0.507 e. The number of halogens is 1. The topological polar surface area (TPSA) is 99.5 Å². The Kier molecular flexibility index (Phi) is 4.18. The Morgan fingerprint density at radius 3 is 2.65 bits per heavy atom. The van der Waals surface area contributed by atoms with Gasteiger partial charge in [-0.25, -0.2) is 9.78 Å². The van der Waals surface area contributed by atoms with Crippen LogP contribution in [-0.4, -0.2) is 27.1 Å². The summed E-state index contributed by atoms with van der Waals surface area (Å²) >= 11 is 2.02. The lowest BCUT2D eigenvalue weighted by Gasteiger charge is -2.07. The highest BCUT2D eigenvalue weighted by molar-refractivity contribution is 14.1. The van der Waals surface area contributed by atoms with E-state index in [1.54, 1.807) is 6.07 Å². The van der Waals surface area contributed by atoms with Gasteiger partial charge in [-0.2, -0.15) is 0 Å². The first-order valence-corrected chi connectivity index (χ1v) is 6.54. The van der Waals surface area contributed by atoms with Gasteiger partial charge in [0.25, 0.3) is 5.91 Å². The summed E-state index contributed by atoms with van der Waals surface area (Å²) in [5.41, 5.74) is 0.237. The number of hydrogen-bond donors (Lipinski definition) is 3. The van der Waals surface area contributed by atoms with E-state index in [0.29, 0.717) is 5.69 Å². The van der Waals surface area contributed by atoms with Crippen LogP contribution in [0.1, 0.15) is 20.8 Å². The Labute approximate surface area is 127 Å². The zero-order valence-corrected chi connectivity index (χ0v) is 12.2. The molecular weight excluding hydrogens is 375 g/mol. The Hall–Kier alpha value is -2.16. The summed E-state index contributed by atoms with van der Waals surface area (Å²) in [4.78, 5) is 26.5. The molecule has 0 fully saturated rings. The molecule has 1 aromatic carbocycles. The van der Waals surface area contributed by atoms with Crippen molar-refractivity contribution in [2.75, 3.05) is 5.32 Å². The van der Waals surface area contributed by atoms with Crippen molar-refractivity contribution in [3.05, 3.63) is 51.4 Å². The number of carboxylic acid groups (broad SMARTS) is 1. The number of phenolic OH excluding ortho intramolecular Hbond substituents is 1. The van der Waals surface area contributed by atoms with Crippen molar-refractivity contribution in [3.63, 3.8) is 0 Å². The fraction of sp³-hybridized carbons (Fsp3) is 0. The van der Waals surface area contributed by atoms with E-state index in [2.05, 4.69) is 10.3 Å². The molecule has 0 aliphatic carbocycles. The number of carboxylic acids is 1. The normalized spacial score (nSPS) is 10.1. The maximum absolute atomic E-state index is 12.0. The number of aromatic hydroxyl groups is 1. The maximum atomic E-state index is 12.0. The number of aromatic nitrogens is 1. The molecule has 7 heteroatoms. The van der Waals surface area contributed by atoms with Crippen molar-refractivity contribution in [1.29, 1.82) is 0 Å². The molecule has 0 atom stereocenters. The Morgan fingerprint density at radius 2 is 1.95 bits per heavy atom. The third-order valence-corrected chi connectivity index (χ3v) is 3.11. The van der Waals surface area contributed by atoms with Crippen molar-refractivity contribution in [3.8, 4) is 5.75 Å². The van der Waals surface area contributed by atoms with Crippen LogP contribution in [0.4, 0.5) is 5.69 Å². The van der Waals surface area contributed by atoms with Crippen LogP contribution in [0.2, 0.25) is 0 Å². The molecule has 0 saturated heterocycles. The molecule has 0 spiro atoms. The van der Waals surface area contributed by atoms with Crippen molar-refractivity contribution in [2.24, 2.45) is 0 Å². The average molecular weight is 384 g/mol. The minimum absolute atomic E-state index is 0.116. The number of anilines is 1. The van der Waals surface area contributed by atoms with Gasteiger partial charge in [0.15, 0.2) is 0 Å². The molecule has 0 unspecified atom stereocenters. The molecule has 0 saturated carbocycles. The average Bonchev–Trinajstić information content (AvgIpc) is 2.41. The van der Waals surface area contributed by atoms with E-state index in [1.807, 2.05) is 22.6 Å². The van der Waals surface area contributed by atoms with Gasteiger partial charge in [0, 0.05) is 15.5 Å². The Bertz CT molecular complexity index is 688. The molecule has 0 aliphatic heterocycles. The van der Waals surface area contributed by atoms with Crippen molar-refractivity contribution >= 4 is 40.2 Å². The number of phenols is 1. The molecule has 1 aromatic heterocycles. The van der Waals surface area contributed by atoms with Crippen LogP contribution in [0.3, 0.4) is 0 Å². The highest BCUT2D eigenvalue weighted by Crippen LogP contribution is 2.21. The van der Waals surface area contributed by atoms with Crippen LogP contribution in [0.25, 0.3) is 0 Å². The van der Waals surface area contributed by atoms with E-state index >= 15 is 0 Å². The highest BCUT2D eigenvalue weighted by Gasteiger charge is 2.13. The molecular formula is C13H9IN2O4. The van der Waals surface area contributed by atoms with Gasteiger partial charge in [-0.15, -0.1) is 0 Å². The summed E-state index contributed by atoms with van der Waals surface area (Å²) < 4.78 is 0.798. The first-order chi connectivity index (χ1) is 9.47. The van der Waals surface area contributed by atoms with Crippen molar-refractivity contribution < 1.29 is 19.8 Å². The lowest BCUT2D eigenvalue weighted by Crippen LogP contribution is -2.13. The number of carbonyl (C=O) groups excluding carboxylic acids is 1. The van der Waals surface area contributed by atoms with Crippen LogP contribution in [0.15, 0.2) is 36.5 Å². The van der Waals surface area contributed by atoms with E-state index in [0.717, 1.165) is 3.57 Å². The summed E-state index contributed by atoms with van der Waals surface area (Å²) in [5, 5.41) is 21.0. The molecule has 1 amide bonds. The maximum Gasteiger partial charge on any atom is 0.354 e. The van der Waals surface area contributed by atoms with E-state index in [9.17, 15) is 14.7 Å². The monoisotopic (exact) mass is 384 g/mol. The van der Waals surface area contributed by atoms with Gasteiger partial charge in [-0.05, 0) is 52.9 Å². The van der Waals surface area contributed by atoms with Crippen LogP contribution in [0, 0.1) is 3.57 Å². The summed E-state index contributed by atoms with van der Waals surface area (Å²) in [6.07, 6.45) is 1.29. The number of benzene rings is 1. The fourth-order valence-corrected chi connectivity index (χ4v) is 2.01. The number of amides is 1. The smallest absolute Gasteiger partial charge is 0.354 e. The highest BCUT2D eigenvalue weighted by atomic mass is 127. The van der Waals surface area contributed by atoms with Gasteiger partial charge in [0.1, 0.15) is 11.4 Å². The molecule has 0 aliphatic rings. The number of pyridine rings is 1. The summed E-state index contributed by atoms with van der Waals surface area (Å²) in [7, 11) is 0. The van der Waals surface area contributed by atoms with Crippen LogP contribution in [0.5, 0.6) is 5.75 Å². The minimum atomic E-state index is -1.18. The fourth-order valence-electron chi connectivity index (χ4n) is 1.51. The first kappa shape index (κ1) is 14.3. The zero-order chi connectivity index (χ0) is 14.7. The van der Waals surface area contributed by atoms with Crippen LogP contribution in [-0.2, 0) is 0 Å². The lowest BCUT2D eigenvalue weighted by atomic mass is 10.2. The van der Waals surface area contributed by atoms with Crippen LogP contribution >= 0.6 is 22.6 Å². The molecule has 0 bridgehead atoms. The van der Waals surface area contributed by atoms with Gasteiger partial charge in [-0.1, -0.05) is 0 Å². The van der Waals surface area contributed by atoms with E-state index in [4.69, 9.17) is 5.11 Å². The van der Waals surface area contributed by atoms with Gasteiger partial charge in [-0.3, -0.25) is 4.79 Å². The Balaban J connectivity index is 2.25. The third-order valence-electron chi connectivity index (χ3n) is 2.44. The molecule has 2 rings (SSSR count). The third kappa shape index (κ3) is 3.23. The predicted octanol–water partition coefficient (Wildman–Crippen LogP) is 2.34. The SMILES string of the molecule is O=C(O)c1cc(NC(=O)c2cc(I)ccc2O)ccn1. The quantitative estimate of drug-likeness (QED) is 0.706. The standard InChI is InChI=1S/C13H9IN2O4/c14-7-1-2-11(17)9(5-7)12(18)16-8-3-4-15-10(6-8)13(19)20/h1-6,17H,(H,19,20)(H,15,16,18). The zero-order valence-electron chi connectivity index (χ0n) is 10.0. The number of aromatic carboxylic acids is 1. The summed E-state index contributed by atoms with van der Waals surface area (Å²) in [6.45, 7) is 0. The minimum Gasteiger partial charge on any atom is -0.507 e.